The molecule has 0 saturated heterocycles. The second-order valence-corrected chi connectivity index (χ2v) is 5.99. The van der Waals surface area contributed by atoms with Gasteiger partial charge in [-0.2, -0.15) is 0 Å². The lowest BCUT2D eigenvalue weighted by molar-refractivity contribution is -0.118. The molecule has 1 aliphatic heterocycles. The Morgan fingerprint density at radius 2 is 1.96 bits per heavy atom. The molecule has 1 heterocycles. The monoisotopic (exact) mass is 350 g/mol. The zero-order valence-corrected chi connectivity index (χ0v) is 14.4. The zero-order valence-electron chi connectivity index (χ0n) is 12.8. The minimum absolute atomic E-state index is 0. The van der Waals surface area contributed by atoms with Crippen LogP contribution >= 0.6 is 24.0 Å². The van der Waals surface area contributed by atoms with Gasteiger partial charge in [0, 0.05) is 29.4 Å². The van der Waals surface area contributed by atoms with Crippen LogP contribution in [0.4, 0.5) is 11.4 Å². The highest BCUT2D eigenvalue weighted by Gasteiger charge is 2.23. The minimum Gasteiger partial charge on any atom is -0.398 e. The van der Waals surface area contributed by atoms with Crippen molar-refractivity contribution in [2.75, 3.05) is 17.2 Å². The van der Waals surface area contributed by atoms with Crippen molar-refractivity contribution in [3.05, 3.63) is 58.6 Å². The van der Waals surface area contributed by atoms with Crippen molar-refractivity contribution in [1.82, 2.24) is 0 Å². The third-order valence-corrected chi connectivity index (χ3v) is 4.52. The van der Waals surface area contributed by atoms with Gasteiger partial charge in [-0.3, -0.25) is 4.79 Å². The number of hydrogen-bond donors (Lipinski definition) is 1. The normalized spacial score (nSPS) is 13.2. The first kappa shape index (κ1) is 17.6. The Bertz CT molecular complexity index is 703. The maximum Gasteiger partial charge on any atom is 0.227 e. The van der Waals surface area contributed by atoms with Gasteiger partial charge in [-0.05, 0) is 48.6 Å². The number of nitrogens with two attached hydrogens (primary N) is 1. The summed E-state index contributed by atoms with van der Waals surface area (Å²) in [5.74, 6) is 0.131. The summed E-state index contributed by atoms with van der Waals surface area (Å²) in [5.41, 5.74) is 9.89. The Balaban J connectivity index is 0.00000192. The van der Waals surface area contributed by atoms with Crippen molar-refractivity contribution in [3.63, 3.8) is 0 Å². The number of hydrogen-bond acceptors (Lipinski definition) is 2. The van der Waals surface area contributed by atoms with E-state index in [0.29, 0.717) is 12.8 Å². The van der Waals surface area contributed by atoms with Crippen LogP contribution in [-0.2, 0) is 17.6 Å². The van der Waals surface area contributed by atoms with E-state index in [0.717, 1.165) is 46.9 Å². The van der Waals surface area contributed by atoms with Gasteiger partial charge in [0.25, 0.3) is 0 Å². The molecule has 1 aliphatic rings. The summed E-state index contributed by atoms with van der Waals surface area (Å²) in [6, 6.07) is 13.5. The first-order valence-corrected chi connectivity index (χ1v) is 7.96. The molecule has 1 amide bonds. The number of halogens is 2. The van der Waals surface area contributed by atoms with Gasteiger partial charge in [-0.25, -0.2) is 0 Å². The molecule has 2 N–H and O–H groups in total. The molecule has 0 atom stereocenters. The van der Waals surface area contributed by atoms with Crippen LogP contribution in [0, 0.1) is 0 Å². The maximum atomic E-state index is 12.6. The van der Waals surface area contributed by atoms with E-state index in [4.69, 9.17) is 17.3 Å². The third-order valence-electron chi connectivity index (χ3n) is 4.15. The van der Waals surface area contributed by atoms with E-state index in [9.17, 15) is 4.79 Å². The first-order chi connectivity index (χ1) is 10.7. The summed E-state index contributed by atoms with van der Waals surface area (Å²) in [7, 11) is 0. The van der Waals surface area contributed by atoms with Crippen molar-refractivity contribution >= 4 is 41.3 Å². The largest absolute Gasteiger partial charge is 0.398 e. The number of aryl methyl sites for hydroxylation is 1. The molecule has 0 aromatic heterocycles. The van der Waals surface area contributed by atoms with Crippen LogP contribution < -0.4 is 10.6 Å². The molecule has 0 unspecified atom stereocenters. The second-order valence-electron chi connectivity index (χ2n) is 5.59. The molecule has 3 rings (SSSR count). The molecular formula is C18H20Cl2N2O. The number of nitrogen functional groups attached to an aromatic ring is 1. The van der Waals surface area contributed by atoms with Gasteiger partial charge in [-0.1, -0.05) is 35.9 Å². The van der Waals surface area contributed by atoms with Crippen molar-refractivity contribution < 1.29 is 4.79 Å². The molecule has 23 heavy (non-hydrogen) atoms. The molecule has 3 nitrogen and oxygen atoms in total. The van der Waals surface area contributed by atoms with Gasteiger partial charge in [0.1, 0.15) is 0 Å². The lowest BCUT2D eigenvalue weighted by atomic mass is 9.99. The standard InChI is InChI=1S/C18H19ClN2O.ClH/c19-15-7-2-1-5-13(15)10-11-18(22)21-12-4-6-14-16(20)8-3-9-17(14)21;/h1-3,5,7-9H,4,6,10-12,20H2;1H. The molecule has 0 saturated carbocycles. The number of carbonyl (C=O) groups is 1. The van der Waals surface area contributed by atoms with Crippen LogP contribution in [-0.4, -0.2) is 12.5 Å². The molecule has 5 heteroatoms. The Labute approximate surface area is 147 Å². The molecule has 2 aromatic carbocycles. The lowest BCUT2D eigenvalue weighted by Gasteiger charge is -2.30. The average Bonchev–Trinajstić information content (AvgIpc) is 2.54. The Kier molecular flexibility index (Phi) is 5.91. The van der Waals surface area contributed by atoms with Crippen molar-refractivity contribution in [2.45, 2.75) is 25.7 Å². The number of carbonyl (C=O) groups excluding carboxylic acids is 1. The molecule has 2 aromatic rings. The van der Waals surface area contributed by atoms with E-state index in [-0.39, 0.29) is 18.3 Å². The van der Waals surface area contributed by atoms with Crippen LogP contribution in [0.25, 0.3) is 0 Å². The highest BCUT2D eigenvalue weighted by atomic mass is 35.5. The second kappa shape index (κ2) is 7.71. The van der Waals surface area contributed by atoms with Gasteiger partial charge in [0.05, 0.1) is 0 Å². The molecule has 0 radical (unpaired) electrons. The summed E-state index contributed by atoms with van der Waals surface area (Å²) in [6.07, 6.45) is 3.01. The van der Waals surface area contributed by atoms with E-state index in [1.165, 1.54) is 0 Å². The molecule has 0 bridgehead atoms. The summed E-state index contributed by atoms with van der Waals surface area (Å²) in [4.78, 5) is 14.5. The van der Waals surface area contributed by atoms with Gasteiger partial charge in [-0.15, -0.1) is 12.4 Å². The van der Waals surface area contributed by atoms with Crippen molar-refractivity contribution in [1.29, 1.82) is 0 Å². The summed E-state index contributed by atoms with van der Waals surface area (Å²) >= 11 is 6.15. The third kappa shape index (κ3) is 3.80. The molecule has 0 aliphatic carbocycles. The topological polar surface area (TPSA) is 46.3 Å². The average molecular weight is 351 g/mol. The van der Waals surface area contributed by atoms with E-state index >= 15 is 0 Å². The number of fused-ring (bicyclic) bond motifs is 1. The van der Waals surface area contributed by atoms with Crippen molar-refractivity contribution in [3.8, 4) is 0 Å². The Morgan fingerprint density at radius 3 is 2.74 bits per heavy atom. The number of benzene rings is 2. The predicted octanol–water partition coefficient (Wildman–Crippen LogP) is 4.26. The zero-order chi connectivity index (χ0) is 15.5. The summed E-state index contributed by atoms with van der Waals surface area (Å²) in [6.45, 7) is 0.762. The fraction of sp³-hybridized carbons (Fsp3) is 0.278. The van der Waals surface area contributed by atoms with Gasteiger partial charge in [0.15, 0.2) is 0 Å². The van der Waals surface area contributed by atoms with E-state index in [2.05, 4.69) is 0 Å². The number of nitrogens with zero attached hydrogens (tertiary/aromatic N) is 1. The SMILES string of the molecule is Cl.Nc1cccc2c1CCCN2C(=O)CCc1ccccc1Cl. The molecule has 0 spiro atoms. The summed E-state index contributed by atoms with van der Waals surface area (Å²) in [5, 5.41) is 0.721. The van der Waals surface area contributed by atoms with Crippen LogP contribution in [0.15, 0.2) is 42.5 Å². The fourth-order valence-corrected chi connectivity index (χ4v) is 3.22. The summed E-state index contributed by atoms with van der Waals surface area (Å²) < 4.78 is 0. The molecular weight excluding hydrogens is 331 g/mol. The first-order valence-electron chi connectivity index (χ1n) is 7.58. The smallest absolute Gasteiger partial charge is 0.227 e. The number of anilines is 2. The molecule has 122 valence electrons. The van der Waals surface area contributed by atoms with Crippen LogP contribution in [0.3, 0.4) is 0 Å². The number of rotatable bonds is 3. The minimum atomic E-state index is 0. The quantitative estimate of drug-likeness (QED) is 0.840. The van der Waals surface area contributed by atoms with E-state index in [1.54, 1.807) is 0 Å². The highest BCUT2D eigenvalue weighted by molar-refractivity contribution is 6.31. The highest BCUT2D eigenvalue weighted by Crippen LogP contribution is 2.31. The van der Waals surface area contributed by atoms with Crippen molar-refractivity contribution in [2.24, 2.45) is 0 Å². The maximum absolute atomic E-state index is 12.6. The predicted molar refractivity (Wildman–Crippen MR) is 98.5 cm³/mol. The Morgan fingerprint density at radius 1 is 1.17 bits per heavy atom. The lowest BCUT2D eigenvalue weighted by Crippen LogP contribution is -2.35. The van der Waals surface area contributed by atoms with E-state index in [1.807, 2.05) is 47.4 Å². The Hall–Kier alpha value is -1.71. The van der Waals surface area contributed by atoms with Crippen LogP contribution in [0.1, 0.15) is 24.0 Å². The van der Waals surface area contributed by atoms with Crippen LogP contribution in [0.5, 0.6) is 0 Å². The van der Waals surface area contributed by atoms with Gasteiger partial charge >= 0.3 is 0 Å². The fourth-order valence-electron chi connectivity index (χ4n) is 2.99. The van der Waals surface area contributed by atoms with Crippen LogP contribution in [0.2, 0.25) is 5.02 Å². The van der Waals surface area contributed by atoms with E-state index < -0.39 is 0 Å². The van der Waals surface area contributed by atoms with Gasteiger partial charge < -0.3 is 10.6 Å². The van der Waals surface area contributed by atoms with Gasteiger partial charge in [0.2, 0.25) is 5.91 Å². The molecule has 0 fully saturated rings. The number of amides is 1.